The van der Waals surface area contributed by atoms with Crippen LogP contribution in [0.15, 0.2) is 24.3 Å². The van der Waals surface area contributed by atoms with Crippen molar-refractivity contribution in [3.05, 3.63) is 24.3 Å². The van der Waals surface area contributed by atoms with Gasteiger partial charge in [0.15, 0.2) is 5.13 Å². The van der Waals surface area contributed by atoms with E-state index in [2.05, 4.69) is 4.98 Å². The second-order valence-corrected chi connectivity index (χ2v) is 5.44. The van der Waals surface area contributed by atoms with Crippen LogP contribution in [0.3, 0.4) is 0 Å². The van der Waals surface area contributed by atoms with E-state index in [1.54, 1.807) is 18.7 Å². The molecule has 2 aromatic rings. The SMILES string of the molecule is CCOC(=O)CN(CC(=O)OCC)c1nc2ccccc2s1. The van der Waals surface area contributed by atoms with Crippen molar-refractivity contribution in [3.8, 4) is 0 Å². The lowest BCUT2D eigenvalue weighted by molar-refractivity contribution is -0.142. The van der Waals surface area contributed by atoms with Gasteiger partial charge >= 0.3 is 11.9 Å². The van der Waals surface area contributed by atoms with E-state index in [1.807, 2.05) is 24.3 Å². The fourth-order valence-electron chi connectivity index (χ4n) is 1.91. The number of carbonyl (C=O) groups is 2. The average Bonchev–Trinajstić information content (AvgIpc) is 2.91. The van der Waals surface area contributed by atoms with E-state index in [4.69, 9.17) is 9.47 Å². The fraction of sp³-hybridized carbons (Fsp3) is 0.400. The Morgan fingerprint density at radius 3 is 2.23 bits per heavy atom. The number of rotatable bonds is 7. The van der Waals surface area contributed by atoms with Crippen LogP contribution in [0.1, 0.15) is 13.8 Å². The summed E-state index contributed by atoms with van der Waals surface area (Å²) < 4.78 is 10.9. The molecule has 1 aromatic carbocycles. The molecule has 1 aromatic heterocycles. The minimum Gasteiger partial charge on any atom is -0.465 e. The zero-order valence-electron chi connectivity index (χ0n) is 12.6. The zero-order chi connectivity index (χ0) is 15.9. The molecular formula is C15H18N2O4S. The summed E-state index contributed by atoms with van der Waals surface area (Å²) in [6.45, 7) is 4.01. The fourth-order valence-corrected chi connectivity index (χ4v) is 2.88. The number of fused-ring (bicyclic) bond motifs is 1. The number of nitrogens with zero attached hydrogens (tertiary/aromatic N) is 2. The third-order valence-corrected chi connectivity index (χ3v) is 3.90. The highest BCUT2D eigenvalue weighted by Crippen LogP contribution is 2.28. The van der Waals surface area contributed by atoms with Crippen LogP contribution in [0.25, 0.3) is 10.2 Å². The molecular weight excluding hydrogens is 304 g/mol. The first-order valence-electron chi connectivity index (χ1n) is 7.05. The molecule has 0 unspecified atom stereocenters. The number of hydrogen-bond donors (Lipinski definition) is 0. The van der Waals surface area contributed by atoms with Crippen molar-refractivity contribution in [2.24, 2.45) is 0 Å². The Morgan fingerprint density at radius 2 is 1.68 bits per heavy atom. The Hall–Kier alpha value is -2.15. The minimum atomic E-state index is -0.397. The number of benzene rings is 1. The minimum absolute atomic E-state index is 0.0352. The molecule has 22 heavy (non-hydrogen) atoms. The molecule has 1 heterocycles. The molecule has 0 saturated heterocycles. The molecule has 2 rings (SSSR count). The van der Waals surface area contributed by atoms with Gasteiger partial charge in [0.1, 0.15) is 13.1 Å². The van der Waals surface area contributed by atoms with Gasteiger partial charge in [0.05, 0.1) is 23.4 Å². The van der Waals surface area contributed by atoms with Crippen LogP contribution in [-0.2, 0) is 19.1 Å². The van der Waals surface area contributed by atoms with E-state index in [-0.39, 0.29) is 13.1 Å². The van der Waals surface area contributed by atoms with Gasteiger partial charge in [-0.05, 0) is 26.0 Å². The summed E-state index contributed by atoms with van der Waals surface area (Å²) in [4.78, 5) is 29.5. The first-order chi connectivity index (χ1) is 10.6. The van der Waals surface area contributed by atoms with Gasteiger partial charge in [-0.2, -0.15) is 0 Å². The zero-order valence-corrected chi connectivity index (χ0v) is 13.4. The Bertz CT molecular complexity index is 603. The first kappa shape index (κ1) is 16.2. The summed E-state index contributed by atoms with van der Waals surface area (Å²) in [5.74, 6) is -0.794. The number of esters is 2. The summed E-state index contributed by atoms with van der Waals surface area (Å²) in [5, 5.41) is 0.599. The molecule has 0 aliphatic carbocycles. The molecule has 0 fully saturated rings. The quantitative estimate of drug-likeness (QED) is 0.728. The van der Waals surface area contributed by atoms with Gasteiger partial charge in [-0.3, -0.25) is 9.59 Å². The summed E-state index contributed by atoms with van der Waals surface area (Å²) in [6.07, 6.45) is 0. The van der Waals surface area contributed by atoms with E-state index >= 15 is 0 Å². The standard InChI is InChI=1S/C15H18N2O4S/c1-3-20-13(18)9-17(10-14(19)21-4-2)15-16-11-7-5-6-8-12(11)22-15/h5-8H,3-4,9-10H2,1-2H3. The number of thiazole rings is 1. The van der Waals surface area contributed by atoms with Crippen LogP contribution in [0.4, 0.5) is 5.13 Å². The van der Waals surface area contributed by atoms with E-state index in [1.165, 1.54) is 11.3 Å². The van der Waals surface area contributed by atoms with Crippen molar-refractivity contribution < 1.29 is 19.1 Å². The van der Waals surface area contributed by atoms with E-state index in [0.717, 1.165) is 10.2 Å². The lowest BCUT2D eigenvalue weighted by Gasteiger charge is -2.19. The summed E-state index contributed by atoms with van der Waals surface area (Å²) in [6, 6.07) is 7.66. The van der Waals surface area contributed by atoms with E-state index < -0.39 is 11.9 Å². The van der Waals surface area contributed by atoms with Crippen molar-refractivity contribution in [3.63, 3.8) is 0 Å². The molecule has 0 bridgehead atoms. The lowest BCUT2D eigenvalue weighted by Crippen LogP contribution is -2.36. The van der Waals surface area contributed by atoms with Gasteiger partial charge in [0.25, 0.3) is 0 Å². The Balaban J connectivity index is 2.21. The molecule has 0 atom stereocenters. The molecule has 0 radical (unpaired) electrons. The number of anilines is 1. The number of aromatic nitrogens is 1. The maximum Gasteiger partial charge on any atom is 0.325 e. The summed E-state index contributed by atoms with van der Waals surface area (Å²) in [5.41, 5.74) is 0.834. The van der Waals surface area contributed by atoms with Gasteiger partial charge in [-0.1, -0.05) is 23.5 Å². The third-order valence-electron chi connectivity index (χ3n) is 2.80. The van der Waals surface area contributed by atoms with Crippen molar-refractivity contribution in [1.82, 2.24) is 4.98 Å². The Labute approximate surface area is 132 Å². The normalized spacial score (nSPS) is 10.5. The predicted octanol–water partition coefficient (Wildman–Crippen LogP) is 2.23. The molecule has 0 aliphatic heterocycles. The Morgan fingerprint density at radius 1 is 1.09 bits per heavy atom. The van der Waals surface area contributed by atoms with Crippen LogP contribution in [0.5, 0.6) is 0 Å². The molecule has 0 N–H and O–H groups in total. The number of carbonyl (C=O) groups excluding carboxylic acids is 2. The molecule has 0 spiro atoms. The highest BCUT2D eigenvalue weighted by molar-refractivity contribution is 7.22. The average molecular weight is 322 g/mol. The second kappa shape index (κ2) is 7.74. The first-order valence-corrected chi connectivity index (χ1v) is 7.87. The van der Waals surface area contributed by atoms with Gasteiger partial charge < -0.3 is 14.4 Å². The maximum absolute atomic E-state index is 11.7. The second-order valence-electron chi connectivity index (χ2n) is 4.43. The summed E-state index contributed by atoms with van der Waals surface area (Å²) in [7, 11) is 0. The van der Waals surface area contributed by atoms with Crippen molar-refractivity contribution in [2.45, 2.75) is 13.8 Å². The van der Waals surface area contributed by atoms with Crippen LogP contribution in [0, 0.1) is 0 Å². The van der Waals surface area contributed by atoms with Gasteiger partial charge in [0, 0.05) is 0 Å². The van der Waals surface area contributed by atoms with Crippen molar-refractivity contribution >= 4 is 38.6 Å². The van der Waals surface area contributed by atoms with Crippen molar-refractivity contribution in [2.75, 3.05) is 31.2 Å². The summed E-state index contributed by atoms with van der Waals surface area (Å²) >= 11 is 1.42. The molecule has 0 saturated carbocycles. The largest absolute Gasteiger partial charge is 0.465 e. The molecule has 118 valence electrons. The molecule has 7 heteroatoms. The molecule has 6 nitrogen and oxygen atoms in total. The number of ether oxygens (including phenoxy) is 2. The predicted molar refractivity (Wildman–Crippen MR) is 85.1 cm³/mol. The maximum atomic E-state index is 11.7. The van der Waals surface area contributed by atoms with Gasteiger partial charge in [-0.25, -0.2) is 4.98 Å². The highest BCUT2D eigenvalue weighted by atomic mass is 32.1. The number of hydrogen-bond acceptors (Lipinski definition) is 7. The van der Waals surface area contributed by atoms with Crippen LogP contribution >= 0.6 is 11.3 Å². The van der Waals surface area contributed by atoms with Crippen LogP contribution < -0.4 is 4.90 Å². The van der Waals surface area contributed by atoms with E-state index in [9.17, 15) is 9.59 Å². The smallest absolute Gasteiger partial charge is 0.325 e. The van der Waals surface area contributed by atoms with Gasteiger partial charge in [0.2, 0.25) is 0 Å². The van der Waals surface area contributed by atoms with Gasteiger partial charge in [-0.15, -0.1) is 0 Å². The topological polar surface area (TPSA) is 68.7 Å². The van der Waals surface area contributed by atoms with Crippen molar-refractivity contribution in [1.29, 1.82) is 0 Å². The van der Waals surface area contributed by atoms with Crippen LogP contribution in [0.2, 0.25) is 0 Å². The monoisotopic (exact) mass is 322 g/mol. The Kier molecular flexibility index (Phi) is 5.71. The number of para-hydroxylation sites is 1. The third kappa shape index (κ3) is 4.17. The van der Waals surface area contributed by atoms with Crippen LogP contribution in [-0.4, -0.2) is 43.2 Å². The lowest BCUT2D eigenvalue weighted by atomic mass is 10.3. The molecule has 0 aliphatic rings. The van der Waals surface area contributed by atoms with E-state index in [0.29, 0.717) is 18.3 Å². The molecule has 0 amide bonds. The highest BCUT2D eigenvalue weighted by Gasteiger charge is 2.20.